The highest BCUT2D eigenvalue weighted by atomic mass is 16.1. The third-order valence-electron chi connectivity index (χ3n) is 3.14. The van der Waals surface area contributed by atoms with Crippen molar-refractivity contribution in [3.05, 3.63) is 0 Å². The monoisotopic (exact) mass is 228 g/mol. The molecular formula is C13H28N2O. The lowest BCUT2D eigenvalue weighted by molar-refractivity contribution is -0.123. The molecule has 0 atom stereocenters. The van der Waals surface area contributed by atoms with E-state index in [0.29, 0.717) is 12.5 Å². The fraction of sp³-hybridized carbons (Fsp3) is 0.923. The molecule has 0 bridgehead atoms. The number of hydrogen-bond acceptors (Lipinski definition) is 2. The predicted molar refractivity (Wildman–Crippen MR) is 69.5 cm³/mol. The number of rotatable bonds is 8. The van der Waals surface area contributed by atoms with E-state index in [1.54, 1.807) is 0 Å². The molecule has 0 aliphatic heterocycles. The molecule has 16 heavy (non-hydrogen) atoms. The van der Waals surface area contributed by atoms with E-state index in [4.69, 9.17) is 0 Å². The summed E-state index contributed by atoms with van der Waals surface area (Å²) in [6.07, 6.45) is 3.50. The fourth-order valence-electron chi connectivity index (χ4n) is 1.47. The summed E-state index contributed by atoms with van der Waals surface area (Å²) in [5, 5.41) is 6.43. The van der Waals surface area contributed by atoms with Crippen molar-refractivity contribution in [1.29, 1.82) is 0 Å². The van der Waals surface area contributed by atoms with Crippen LogP contribution in [0.5, 0.6) is 0 Å². The maximum atomic E-state index is 11.7. The van der Waals surface area contributed by atoms with E-state index >= 15 is 0 Å². The number of carbonyl (C=O) groups excluding carboxylic acids is 1. The van der Waals surface area contributed by atoms with Gasteiger partial charge in [-0.3, -0.25) is 4.79 Å². The van der Waals surface area contributed by atoms with Gasteiger partial charge in [-0.1, -0.05) is 27.7 Å². The Balaban J connectivity index is 3.73. The third-order valence-corrected chi connectivity index (χ3v) is 3.14. The van der Waals surface area contributed by atoms with Crippen molar-refractivity contribution in [2.45, 2.75) is 71.9 Å². The topological polar surface area (TPSA) is 41.1 Å². The van der Waals surface area contributed by atoms with Gasteiger partial charge in [0.15, 0.2) is 0 Å². The second-order valence-electron chi connectivity index (χ2n) is 5.03. The molecule has 0 unspecified atom stereocenters. The second-order valence-corrected chi connectivity index (χ2v) is 5.03. The summed E-state index contributed by atoms with van der Waals surface area (Å²) < 4.78 is 0. The van der Waals surface area contributed by atoms with Gasteiger partial charge in [0.2, 0.25) is 5.91 Å². The lowest BCUT2D eigenvalue weighted by Crippen LogP contribution is -2.45. The summed E-state index contributed by atoms with van der Waals surface area (Å²) in [5.41, 5.74) is -0.0252. The molecule has 0 saturated heterocycles. The molecule has 96 valence electrons. The van der Waals surface area contributed by atoms with E-state index in [-0.39, 0.29) is 11.4 Å². The zero-order valence-electron chi connectivity index (χ0n) is 11.5. The number of carbonyl (C=O) groups is 1. The summed E-state index contributed by atoms with van der Waals surface area (Å²) in [6.45, 7) is 11.5. The molecule has 0 saturated carbocycles. The van der Waals surface area contributed by atoms with Crippen molar-refractivity contribution < 1.29 is 4.79 Å². The van der Waals surface area contributed by atoms with Crippen molar-refractivity contribution in [2.24, 2.45) is 0 Å². The predicted octanol–water partition coefficient (Wildman–Crippen LogP) is 2.46. The van der Waals surface area contributed by atoms with E-state index < -0.39 is 0 Å². The van der Waals surface area contributed by atoms with Crippen LogP contribution in [0.1, 0.15) is 60.3 Å². The number of hydrogen-bond donors (Lipinski definition) is 2. The Morgan fingerprint density at radius 2 is 1.81 bits per heavy atom. The average molecular weight is 228 g/mol. The molecule has 3 heteroatoms. The Hall–Kier alpha value is -0.570. The number of amides is 1. The van der Waals surface area contributed by atoms with Crippen LogP contribution >= 0.6 is 0 Å². The molecule has 0 aromatic heterocycles. The fourth-order valence-corrected chi connectivity index (χ4v) is 1.47. The molecule has 3 nitrogen and oxygen atoms in total. The molecule has 0 aromatic rings. The highest BCUT2D eigenvalue weighted by Crippen LogP contribution is 2.13. The molecule has 0 heterocycles. The summed E-state index contributed by atoms with van der Waals surface area (Å²) in [5.74, 6) is 0.178. The maximum absolute atomic E-state index is 11.7. The third kappa shape index (κ3) is 6.83. The minimum atomic E-state index is -0.0252. The van der Waals surface area contributed by atoms with Gasteiger partial charge in [-0.25, -0.2) is 0 Å². The lowest BCUT2D eigenvalue weighted by atomic mass is 9.95. The van der Waals surface area contributed by atoms with Crippen LogP contribution in [0.15, 0.2) is 0 Å². The van der Waals surface area contributed by atoms with Gasteiger partial charge in [0.25, 0.3) is 0 Å². The van der Waals surface area contributed by atoms with E-state index in [9.17, 15) is 4.79 Å². The molecule has 0 spiro atoms. The molecule has 0 aromatic carbocycles. The summed E-state index contributed by atoms with van der Waals surface area (Å²) in [7, 11) is 0. The van der Waals surface area contributed by atoms with Gasteiger partial charge in [0.1, 0.15) is 0 Å². The van der Waals surface area contributed by atoms with E-state index in [1.165, 1.54) is 0 Å². The Labute approximate surface area is 100 Å². The molecule has 2 N–H and O–H groups in total. The van der Waals surface area contributed by atoms with Crippen LogP contribution in [-0.4, -0.2) is 24.0 Å². The van der Waals surface area contributed by atoms with Crippen LogP contribution in [0.2, 0.25) is 0 Å². The Morgan fingerprint density at radius 3 is 2.25 bits per heavy atom. The zero-order valence-corrected chi connectivity index (χ0v) is 11.5. The summed E-state index contributed by atoms with van der Waals surface area (Å²) >= 11 is 0. The lowest BCUT2D eigenvalue weighted by Gasteiger charge is -2.28. The zero-order chi connectivity index (χ0) is 12.6. The Morgan fingerprint density at radius 1 is 1.25 bits per heavy atom. The molecular weight excluding hydrogens is 200 g/mol. The van der Waals surface area contributed by atoms with Crippen molar-refractivity contribution in [2.75, 3.05) is 6.54 Å². The van der Waals surface area contributed by atoms with Crippen LogP contribution in [0.4, 0.5) is 0 Å². The normalized spacial score (nSPS) is 11.9. The second kappa shape index (κ2) is 7.66. The molecule has 0 aliphatic rings. The molecule has 0 aliphatic carbocycles. The van der Waals surface area contributed by atoms with E-state index in [0.717, 1.165) is 25.8 Å². The maximum Gasteiger partial charge on any atom is 0.220 e. The Bertz CT molecular complexity index is 198. The van der Waals surface area contributed by atoms with Crippen LogP contribution in [0.25, 0.3) is 0 Å². The van der Waals surface area contributed by atoms with E-state index in [1.807, 2.05) is 0 Å². The quantitative estimate of drug-likeness (QED) is 0.627. The minimum Gasteiger partial charge on any atom is -0.351 e. The minimum absolute atomic E-state index is 0.0252. The van der Waals surface area contributed by atoms with Gasteiger partial charge in [-0.15, -0.1) is 0 Å². The first-order valence-electron chi connectivity index (χ1n) is 6.48. The molecule has 0 rings (SSSR count). The first kappa shape index (κ1) is 15.4. The van der Waals surface area contributed by atoms with Gasteiger partial charge in [0, 0.05) is 18.0 Å². The smallest absolute Gasteiger partial charge is 0.220 e. The van der Waals surface area contributed by atoms with Gasteiger partial charge in [-0.2, -0.15) is 0 Å². The summed E-state index contributed by atoms with van der Waals surface area (Å²) in [4.78, 5) is 11.7. The van der Waals surface area contributed by atoms with Gasteiger partial charge in [0.05, 0.1) is 0 Å². The summed E-state index contributed by atoms with van der Waals surface area (Å²) in [6, 6.07) is 0.500. The van der Waals surface area contributed by atoms with Crippen molar-refractivity contribution in [3.8, 4) is 0 Å². The van der Waals surface area contributed by atoms with E-state index in [2.05, 4.69) is 45.3 Å². The van der Waals surface area contributed by atoms with Crippen molar-refractivity contribution in [1.82, 2.24) is 10.6 Å². The van der Waals surface area contributed by atoms with Crippen LogP contribution in [-0.2, 0) is 4.79 Å². The van der Waals surface area contributed by atoms with Gasteiger partial charge >= 0.3 is 0 Å². The molecule has 0 fully saturated rings. The SMILES string of the molecule is CCC(C)(CC)NC(=O)CCCNC(C)C. The average Bonchev–Trinajstić information content (AvgIpc) is 2.24. The first-order valence-corrected chi connectivity index (χ1v) is 6.48. The molecule has 0 radical (unpaired) electrons. The van der Waals surface area contributed by atoms with Crippen LogP contribution < -0.4 is 10.6 Å². The molecule has 1 amide bonds. The van der Waals surface area contributed by atoms with Crippen molar-refractivity contribution in [3.63, 3.8) is 0 Å². The number of nitrogens with one attached hydrogen (secondary N) is 2. The largest absolute Gasteiger partial charge is 0.351 e. The Kier molecular flexibility index (Phi) is 7.39. The van der Waals surface area contributed by atoms with Crippen LogP contribution in [0.3, 0.4) is 0 Å². The van der Waals surface area contributed by atoms with Gasteiger partial charge < -0.3 is 10.6 Å². The van der Waals surface area contributed by atoms with Crippen molar-refractivity contribution >= 4 is 5.91 Å². The van der Waals surface area contributed by atoms with Gasteiger partial charge in [-0.05, 0) is 32.7 Å². The highest BCUT2D eigenvalue weighted by molar-refractivity contribution is 5.76. The highest BCUT2D eigenvalue weighted by Gasteiger charge is 2.21. The van der Waals surface area contributed by atoms with Crippen LogP contribution in [0, 0.1) is 0 Å². The standard InChI is InChI=1S/C13H28N2O/c1-6-13(5,7-2)15-12(16)9-8-10-14-11(3)4/h11,14H,6-10H2,1-5H3,(H,15,16). The first-order chi connectivity index (χ1) is 7.43.